The molecular weight excluding hydrogens is 408 g/mol. The zero-order valence-electron chi connectivity index (χ0n) is 17.5. The predicted octanol–water partition coefficient (Wildman–Crippen LogP) is 7.38. The van der Waals surface area contributed by atoms with E-state index in [1.807, 2.05) is 6.07 Å². The van der Waals surface area contributed by atoms with Crippen LogP contribution in [0.25, 0.3) is 5.57 Å². The Morgan fingerprint density at radius 2 is 1.84 bits per heavy atom. The molecule has 1 aliphatic rings. The molecule has 2 aromatic carbocycles. The van der Waals surface area contributed by atoms with Gasteiger partial charge in [0.15, 0.2) is 0 Å². The Balaban J connectivity index is 1.68. The van der Waals surface area contributed by atoms with Crippen molar-refractivity contribution in [3.05, 3.63) is 70.8 Å². The summed E-state index contributed by atoms with van der Waals surface area (Å²) < 4.78 is 58.7. The van der Waals surface area contributed by atoms with Gasteiger partial charge in [-0.25, -0.2) is 13.6 Å². The van der Waals surface area contributed by atoms with Crippen LogP contribution in [0, 0.1) is 5.82 Å². The maximum atomic E-state index is 14.9. The van der Waals surface area contributed by atoms with Crippen molar-refractivity contribution in [2.75, 3.05) is 0 Å². The summed E-state index contributed by atoms with van der Waals surface area (Å²) in [6.07, 6.45) is 2.01. The van der Waals surface area contributed by atoms with Crippen LogP contribution < -0.4 is 4.74 Å². The number of allylic oxidation sites excluding steroid dienone is 2. The Kier molecular flexibility index (Phi) is 7.88. The Morgan fingerprint density at radius 1 is 1.10 bits per heavy atom. The van der Waals surface area contributed by atoms with Gasteiger partial charge in [0.1, 0.15) is 17.4 Å². The Bertz CT molecular complexity index is 935. The number of halogens is 4. The average Bonchev–Trinajstić information content (AvgIpc) is 2.75. The first-order valence-electron chi connectivity index (χ1n) is 10.6. The maximum Gasteiger partial charge on any atom is 0.379 e. The van der Waals surface area contributed by atoms with Crippen LogP contribution >= 0.6 is 0 Å². The molecule has 1 aliphatic carbocycles. The second-order valence-corrected chi connectivity index (χ2v) is 7.89. The molecule has 0 radical (unpaired) electrons. The van der Waals surface area contributed by atoms with Gasteiger partial charge >= 0.3 is 12.4 Å². The largest absolute Gasteiger partial charge is 0.422 e. The predicted molar refractivity (Wildman–Crippen MR) is 112 cm³/mol. The van der Waals surface area contributed by atoms with Crippen molar-refractivity contribution < 1.29 is 27.1 Å². The zero-order valence-corrected chi connectivity index (χ0v) is 17.5. The lowest BCUT2D eigenvalue weighted by Gasteiger charge is -2.24. The Labute approximate surface area is 179 Å². The fourth-order valence-corrected chi connectivity index (χ4v) is 3.97. The van der Waals surface area contributed by atoms with Gasteiger partial charge < -0.3 is 4.74 Å². The van der Waals surface area contributed by atoms with E-state index in [-0.39, 0.29) is 29.7 Å². The van der Waals surface area contributed by atoms with Gasteiger partial charge in [-0.2, -0.15) is 8.78 Å². The summed E-state index contributed by atoms with van der Waals surface area (Å²) in [5.41, 5.74) is 2.48. The van der Waals surface area contributed by atoms with E-state index in [4.69, 9.17) is 0 Å². The van der Waals surface area contributed by atoms with E-state index < -0.39 is 12.4 Å². The van der Waals surface area contributed by atoms with Crippen LogP contribution in [0.5, 0.6) is 5.75 Å². The molecule has 0 amide bonds. The first kappa shape index (κ1) is 23.0. The number of carbonyl (C=O) groups is 1. The zero-order chi connectivity index (χ0) is 22.4. The van der Waals surface area contributed by atoms with Gasteiger partial charge in [0.2, 0.25) is 0 Å². The number of hydrogen-bond donors (Lipinski definition) is 0. The summed E-state index contributed by atoms with van der Waals surface area (Å²) in [4.78, 5) is 11.0. The lowest BCUT2D eigenvalue weighted by Crippen LogP contribution is -2.17. The highest BCUT2D eigenvalue weighted by Crippen LogP contribution is 2.41. The van der Waals surface area contributed by atoms with Crippen LogP contribution in [0.4, 0.5) is 17.6 Å². The number of alkyl halides is 2. The van der Waals surface area contributed by atoms with Gasteiger partial charge in [-0.05, 0) is 66.5 Å². The number of hydrogen-bond acceptors (Lipinski definition) is 2. The molecule has 0 aliphatic heterocycles. The van der Waals surface area contributed by atoms with Gasteiger partial charge in [0.05, 0.1) is 0 Å². The van der Waals surface area contributed by atoms with Gasteiger partial charge in [-0.15, -0.1) is 0 Å². The number of ether oxygens (including phenoxy) is 1. The molecule has 0 saturated carbocycles. The van der Waals surface area contributed by atoms with Gasteiger partial charge in [0.25, 0.3) is 0 Å². The summed E-state index contributed by atoms with van der Waals surface area (Å²) in [5.74, 6) is -2.42. The van der Waals surface area contributed by atoms with Gasteiger partial charge in [0, 0.05) is 12.0 Å². The number of unbranched alkanes of at least 4 members (excludes halogenated alkanes) is 2. The van der Waals surface area contributed by atoms with Gasteiger partial charge in [-0.3, -0.25) is 0 Å². The molecule has 1 atom stereocenters. The minimum atomic E-state index is -3.19. The quantitative estimate of drug-likeness (QED) is 0.188. The molecule has 2 aromatic rings. The van der Waals surface area contributed by atoms with Crippen LogP contribution in [0.2, 0.25) is 0 Å². The van der Waals surface area contributed by atoms with E-state index >= 15 is 0 Å². The van der Waals surface area contributed by atoms with Crippen molar-refractivity contribution in [2.24, 2.45) is 0 Å². The summed E-state index contributed by atoms with van der Waals surface area (Å²) >= 11 is 0. The van der Waals surface area contributed by atoms with Crippen molar-refractivity contribution >= 4 is 11.5 Å². The van der Waals surface area contributed by atoms with Crippen molar-refractivity contribution in [2.45, 2.75) is 64.2 Å². The topological polar surface area (TPSA) is 26.3 Å². The van der Waals surface area contributed by atoms with E-state index in [1.165, 1.54) is 18.2 Å². The van der Waals surface area contributed by atoms with E-state index in [0.29, 0.717) is 24.0 Å². The Hall–Kier alpha value is -2.63. The molecule has 1 unspecified atom stereocenters. The number of carbonyl (C=O) groups excluding carboxylic acids is 1. The monoisotopic (exact) mass is 434 g/mol. The molecule has 6 heteroatoms. The molecule has 2 nitrogen and oxygen atoms in total. The fraction of sp³-hybridized carbons (Fsp3) is 0.400. The van der Waals surface area contributed by atoms with Crippen LogP contribution in [0.15, 0.2) is 48.3 Å². The minimum absolute atomic E-state index is 0.0164. The molecule has 0 saturated heterocycles. The normalized spacial score (nSPS) is 16.6. The fourth-order valence-electron chi connectivity index (χ4n) is 3.97. The maximum absolute atomic E-state index is 14.9. The molecule has 3 rings (SSSR count). The Morgan fingerprint density at radius 3 is 2.45 bits per heavy atom. The summed E-state index contributed by atoms with van der Waals surface area (Å²) in [6, 6.07) is 11.2. The highest BCUT2D eigenvalue weighted by atomic mass is 19.3. The van der Waals surface area contributed by atoms with Crippen LogP contribution in [-0.2, 0) is 11.2 Å². The molecule has 0 spiro atoms. The molecule has 31 heavy (non-hydrogen) atoms. The summed E-state index contributed by atoms with van der Waals surface area (Å²) in [5, 5.41) is 0. The average molecular weight is 434 g/mol. The number of aryl methyl sites for hydroxylation is 1. The highest BCUT2D eigenvalue weighted by Gasteiger charge is 2.25. The van der Waals surface area contributed by atoms with Crippen molar-refractivity contribution in [3.63, 3.8) is 0 Å². The highest BCUT2D eigenvalue weighted by molar-refractivity contribution is 5.75. The van der Waals surface area contributed by atoms with E-state index in [9.17, 15) is 22.4 Å². The summed E-state index contributed by atoms with van der Waals surface area (Å²) in [6.45, 7) is 2.12. The molecule has 0 aromatic heterocycles. The molecule has 0 fully saturated rings. The van der Waals surface area contributed by atoms with E-state index in [1.54, 1.807) is 18.2 Å². The standard InChI is InChI=1S/C25H26F4O2/c1-2-3-4-5-16-6-12-20(22(26)14-16)21-13-9-18(15-23(21)27)17-7-10-19(11-8-17)31-25(30)24(28)29/h6-8,10-12,14,18,24H,2-5,9,13,15H2,1H3. The minimum Gasteiger partial charge on any atom is -0.422 e. The number of benzene rings is 2. The molecular formula is C25H26F4O2. The third-order valence-corrected chi connectivity index (χ3v) is 5.67. The third kappa shape index (κ3) is 5.96. The number of esters is 1. The van der Waals surface area contributed by atoms with Crippen LogP contribution in [0.3, 0.4) is 0 Å². The van der Waals surface area contributed by atoms with E-state index in [0.717, 1.165) is 36.8 Å². The second-order valence-electron chi connectivity index (χ2n) is 7.89. The first-order chi connectivity index (χ1) is 14.9. The SMILES string of the molecule is CCCCCc1ccc(C2=C(F)CC(c3ccc(OC(=O)C(F)F)cc3)CC2)c(F)c1. The van der Waals surface area contributed by atoms with Crippen molar-refractivity contribution in [3.8, 4) is 5.75 Å². The van der Waals surface area contributed by atoms with E-state index in [2.05, 4.69) is 11.7 Å². The molecule has 0 heterocycles. The van der Waals surface area contributed by atoms with Crippen LogP contribution in [-0.4, -0.2) is 12.4 Å². The molecule has 0 N–H and O–H groups in total. The smallest absolute Gasteiger partial charge is 0.379 e. The van der Waals surface area contributed by atoms with Crippen molar-refractivity contribution in [1.82, 2.24) is 0 Å². The van der Waals surface area contributed by atoms with Gasteiger partial charge in [-0.1, -0.05) is 44.0 Å². The van der Waals surface area contributed by atoms with Crippen LogP contribution in [0.1, 0.15) is 68.1 Å². The first-order valence-corrected chi connectivity index (χ1v) is 10.6. The lowest BCUT2D eigenvalue weighted by molar-refractivity contribution is -0.146. The third-order valence-electron chi connectivity index (χ3n) is 5.67. The molecule has 0 bridgehead atoms. The number of rotatable bonds is 8. The lowest BCUT2D eigenvalue weighted by atomic mass is 9.81. The second kappa shape index (κ2) is 10.6. The molecule has 166 valence electrons. The summed E-state index contributed by atoms with van der Waals surface area (Å²) in [7, 11) is 0. The van der Waals surface area contributed by atoms with Crippen molar-refractivity contribution in [1.29, 1.82) is 0 Å².